The van der Waals surface area contributed by atoms with Crippen LogP contribution in [0.15, 0.2) is 4.99 Å². The van der Waals surface area contributed by atoms with Crippen molar-refractivity contribution in [3.8, 4) is 0 Å². The van der Waals surface area contributed by atoms with Gasteiger partial charge in [-0.1, -0.05) is 20.8 Å². The van der Waals surface area contributed by atoms with E-state index in [2.05, 4.69) is 15.6 Å². The van der Waals surface area contributed by atoms with E-state index >= 15 is 0 Å². The van der Waals surface area contributed by atoms with Crippen LogP contribution in [0, 0.1) is 5.41 Å². The number of guanidine groups is 1. The minimum atomic E-state index is -0.509. The third kappa shape index (κ3) is 4.20. The van der Waals surface area contributed by atoms with Crippen LogP contribution in [0.5, 0.6) is 0 Å². The molecule has 2 N–H and O–H groups in total. The summed E-state index contributed by atoms with van der Waals surface area (Å²) in [4.78, 5) is 41.0. The molecule has 0 saturated carbocycles. The number of thioether (sulfide) groups is 1. The lowest BCUT2D eigenvalue weighted by molar-refractivity contribution is -0.138. The summed E-state index contributed by atoms with van der Waals surface area (Å²) in [6.07, 6.45) is 0.398. The van der Waals surface area contributed by atoms with Gasteiger partial charge >= 0.3 is 0 Å². The highest BCUT2D eigenvalue weighted by Gasteiger charge is 2.36. The van der Waals surface area contributed by atoms with Gasteiger partial charge < -0.3 is 4.90 Å². The number of carbonyl (C=O) groups excluding carboxylic acids is 3. The fourth-order valence-corrected chi connectivity index (χ4v) is 3.27. The van der Waals surface area contributed by atoms with Crippen molar-refractivity contribution in [1.82, 2.24) is 15.5 Å². The molecule has 0 radical (unpaired) electrons. The molecule has 0 aromatic rings. The van der Waals surface area contributed by atoms with Gasteiger partial charge in [0, 0.05) is 12.2 Å². The monoisotopic (exact) mass is 312 g/mol. The molecule has 1 fully saturated rings. The first-order chi connectivity index (χ1) is 9.76. The topological polar surface area (TPSA) is 90.9 Å². The standard InChI is InChI=1S/C13H20N4O3S/c1-13(2,3)4-10(19)17-7-21-6-8(17)11(20)16-12-14-5-9(18)15-12/h8H,4-7H2,1-3H3,(H2,14,15,16,18,20). The van der Waals surface area contributed by atoms with Gasteiger partial charge in [-0.3, -0.25) is 25.0 Å². The molecule has 1 atom stereocenters. The Balaban J connectivity index is 1.96. The number of hydrogen-bond acceptors (Lipinski definition) is 5. The first kappa shape index (κ1) is 15.8. The molecule has 0 aliphatic carbocycles. The van der Waals surface area contributed by atoms with E-state index in [4.69, 9.17) is 0 Å². The molecule has 21 heavy (non-hydrogen) atoms. The van der Waals surface area contributed by atoms with Gasteiger partial charge in [-0.2, -0.15) is 0 Å². The molecule has 2 aliphatic heterocycles. The van der Waals surface area contributed by atoms with Gasteiger partial charge in [-0.05, 0) is 5.41 Å². The molecular formula is C13H20N4O3S. The average Bonchev–Trinajstić information content (AvgIpc) is 2.95. The summed E-state index contributed by atoms with van der Waals surface area (Å²) in [7, 11) is 0. The highest BCUT2D eigenvalue weighted by molar-refractivity contribution is 7.99. The van der Waals surface area contributed by atoms with Crippen molar-refractivity contribution in [2.45, 2.75) is 33.2 Å². The molecule has 1 saturated heterocycles. The average molecular weight is 312 g/mol. The van der Waals surface area contributed by atoms with E-state index < -0.39 is 6.04 Å². The molecule has 0 bridgehead atoms. The largest absolute Gasteiger partial charge is 0.321 e. The van der Waals surface area contributed by atoms with Gasteiger partial charge in [0.1, 0.15) is 12.6 Å². The maximum absolute atomic E-state index is 12.3. The maximum Gasteiger partial charge on any atom is 0.250 e. The van der Waals surface area contributed by atoms with E-state index in [1.54, 1.807) is 16.7 Å². The van der Waals surface area contributed by atoms with E-state index in [1.165, 1.54) is 0 Å². The van der Waals surface area contributed by atoms with Crippen molar-refractivity contribution in [3.63, 3.8) is 0 Å². The quantitative estimate of drug-likeness (QED) is 0.746. The van der Waals surface area contributed by atoms with Crippen LogP contribution >= 0.6 is 11.8 Å². The van der Waals surface area contributed by atoms with Crippen LogP contribution < -0.4 is 10.6 Å². The second-order valence-corrected chi connectivity index (χ2v) is 7.32. The highest BCUT2D eigenvalue weighted by Crippen LogP contribution is 2.26. The number of hydrogen-bond donors (Lipinski definition) is 2. The lowest BCUT2D eigenvalue weighted by Gasteiger charge is -2.26. The number of nitrogens with one attached hydrogen (secondary N) is 2. The highest BCUT2D eigenvalue weighted by atomic mass is 32.2. The van der Waals surface area contributed by atoms with Crippen LogP contribution in [0.25, 0.3) is 0 Å². The molecular weight excluding hydrogens is 292 g/mol. The van der Waals surface area contributed by atoms with E-state index in [1.807, 2.05) is 20.8 Å². The smallest absolute Gasteiger partial charge is 0.250 e. The van der Waals surface area contributed by atoms with Crippen molar-refractivity contribution < 1.29 is 14.4 Å². The Labute approximate surface area is 127 Å². The SMILES string of the molecule is CC(C)(C)CC(=O)N1CSCC1C(=O)NC1=NCC(=O)N1. The third-order valence-electron chi connectivity index (χ3n) is 3.07. The third-order valence-corrected chi connectivity index (χ3v) is 4.08. The Kier molecular flexibility index (Phi) is 4.55. The van der Waals surface area contributed by atoms with Gasteiger partial charge in [0.2, 0.25) is 23.7 Å². The van der Waals surface area contributed by atoms with Crippen molar-refractivity contribution in [3.05, 3.63) is 0 Å². The van der Waals surface area contributed by atoms with E-state index in [9.17, 15) is 14.4 Å². The summed E-state index contributed by atoms with van der Waals surface area (Å²) in [5.74, 6) is 0.680. The molecule has 2 heterocycles. The number of rotatable bonds is 2. The number of carbonyl (C=O) groups is 3. The summed E-state index contributed by atoms with van der Waals surface area (Å²) in [5, 5.41) is 5.03. The number of aliphatic imine (C=N–C) groups is 1. The van der Waals surface area contributed by atoms with E-state index in [0.29, 0.717) is 18.1 Å². The van der Waals surface area contributed by atoms with Crippen molar-refractivity contribution in [2.24, 2.45) is 10.4 Å². The molecule has 0 spiro atoms. The molecule has 1 unspecified atom stereocenters. The van der Waals surface area contributed by atoms with Crippen LogP contribution in [0.3, 0.4) is 0 Å². The van der Waals surface area contributed by atoms with Gasteiger partial charge in [0.15, 0.2) is 0 Å². The normalized spacial score (nSPS) is 22.0. The Hall–Kier alpha value is -1.57. The predicted molar refractivity (Wildman–Crippen MR) is 80.6 cm³/mol. The van der Waals surface area contributed by atoms with Gasteiger partial charge in [-0.25, -0.2) is 4.99 Å². The molecule has 2 aliphatic rings. The van der Waals surface area contributed by atoms with Crippen LogP contribution in [0.4, 0.5) is 0 Å². The molecule has 8 heteroatoms. The van der Waals surface area contributed by atoms with Gasteiger partial charge in [0.25, 0.3) is 0 Å². The number of nitrogens with zero attached hydrogens (tertiary/aromatic N) is 2. The summed E-state index contributed by atoms with van der Waals surface area (Å²) in [6.45, 7) is 6.01. The summed E-state index contributed by atoms with van der Waals surface area (Å²) >= 11 is 1.55. The fraction of sp³-hybridized carbons (Fsp3) is 0.692. The fourth-order valence-electron chi connectivity index (χ4n) is 2.09. The Bertz CT molecular complexity index is 498. The molecule has 3 amide bonds. The molecule has 7 nitrogen and oxygen atoms in total. The van der Waals surface area contributed by atoms with Crippen molar-refractivity contribution in [2.75, 3.05) is 18.2 Å². The summed E-state index contributed by atoms with van der Waals surface area (Å²) in [5.41, 5.74) is -0.116. The second-order valence-electron chi connectivity index (χ2n) is 6.32. The zero-order valence-electron chi connectivity index (χ0n) is 12.4. The Morgan fingerprint density at radius 1 is 1.48 bits per heavy atom. The Morgan fingerprint density at radius 2 is 2.19 bits per heavy atom. The molecule has 2 rings (SSSR count). The van der Waals surface area contributed by atoms with E-state index in [0.717, 1.165) is 0 Å². The van der Waals surface area contributed by atoms with Crippen LogP contribution in [-0.2, 0) is 14.4 Å². The lowest BCUT2D eigenvalue weighted by Crippen LogP contribution is -2.51. The predicted octanol–water partition coefficient (Wildman–Crippen LogP) is -0.0739. The summed E-state index contributed by atoms with van der Waals surface area (Å²) in [6, 6.07) is -0.509. The van der Waals surface area contributed by atoms with Crippen LogP contribution in [0.2, 0.25) is 0 Å². The Morgan fingerprint density at radius 3 is 2.76 bits per heavy atom. The van der Waals surface area contributed by atoms with Gasteiger partial charge in [0.05, 0.1) is 5.88 Å². The summed E-state index contributed by atoms with van der Waals surface area (Å²) < 4.78 is 0. The number of amides is 3. The first-order valence-electron chi connectivity index (χ1n) is 6.79. The van der Waals surface area contributed by atoms with E-state index in [-0.39, 0.29) is 35.6 Å². The first-order valence-corrected chi connectivity index (χ1v) is 7.94. The lowest BCUT2D eigenvalue weighted by atomic mass is 9.91. The minimum absolute atomic E-state index is 0.0231. The zero-order chi connectivity index (χ0) is 15.6. The molecule has 0 aromatic heterocycles. The van der Waals surface area contributed by atoms with Crippen LogP contribution in [-0.4, -0.2) is 52.8 Å². The molecule has 0 aromatic carbocycles. The molecule has 116 valence electrons. The van der Waals surface area contributed by atoms with Crippen LogP contribution in [0.1, 0.15) is 27.2 Å². The maximum atomic E-state index is 12.3. The minimum Gasteiger partial charge on any atom is -0.321 e. The van der Waals surface area contributed by atoms with Crippen molar-refractivity contribution in [1.29, 1.82) is 0 Å². The zero-order valence-corrected chi connectivity index (χ0v) is 13.2. The second kappa shape index (κ2) is 6.05. The van der Waals surface area contributed by atoms with Gasteiger partial charge in [-0.15, -0.1) is 11.8 Å². The van der Waals surface area contributed by atoms with Crippen molar-refractivity contribution >= 4 is 35.4 Å².